The Kier molecular flexibility index (Phi) is 5.94. The van der Waals surface area contributed by atoms with Crippen molar-refractivity contribution in [3.63, 3.8) is 0 Å². The molecular formula is C17H21ClN2O2. The minimum Gasteiger partial charge on any atom is -0.336 e. The third-order valence-electron chi connectivity index (χ3n) is 3.44. The lowest BCUT2D eigenvalue weighted by Crippen LogP contribution is -2.52. The molecule has 0 aliphatic carbocycles. The third-order valence-corrected chi connectivity index (χ3v) is 3.69. The normalized spacial score (nSPS) is 11.6. The number of rotatable bonds is 7. The fraction of sp³-hybridized carbons (Fsp3) is 0.294. The number of ether oxygens (including phenoxy) is 2. The van der Waals surface area contributed by atoms with Gasteiger partial charge >= 0.3 is 0 Å². The van der Waals surface area contributed by atoms with Crippen LogP contribution in [0.15, 0.2) is 48.5 Å². The monoisotopic (exact) mass is 320 g/mol. The predicted molar refractivity (Wildman–Crippen MR) is 89.4 cm³/mol. The Bertz CT molecular complexity index is 598. The largest absolute Gasteiger partial charge is 0.336 e. The Balaban J connectivity index is 2.51. The predicted octanol–water partition coefficient (Wildman–Crippen LogP) is 3.52. The molecule has 2 aromatic rings. The molecule has 0 bridgehead atoms. The molecule has 0 saturated heterocycles. The van der Waals surface area contributed by atoms with Gasteiger partial charge in [-0.1, -0.05) is 54.9 Å². The molecule has 2 N–H and O–H groups in total. The van der Waals surface area contributed by atoms with E-state index in [1.807, 2.05) is 55.5 Å². The van der Waals surface area contributed by atoms with Crippen LogP contribution < -0.4 is 10.9 Å². The van der Waals surface area contributed by atoms with Gasteiger partial charge in [0, 0.05) is 31.4 Å². The molecule has 0 aliphatic rings. The van der Waals surface area contributed by atoms with Gasteiger partial charge in [0.2, 0.25) is 0 Å². The molecule has 118 valence electrons. The highest BCUT2D eigenvalue weighted by Gasteiger charge is 2.34. The van der Waals surface area contributed by atoms with Crippen molar-refractivity contribution in [2.45, 2.75) is 12.8 Å². The van der Waals surface area contributed by atoms with Crippen molar-refractivity contribution in [1.82, 2.24) is 10.9 Å². The van der Waals surface area contributed by atoms with Gasteiger partial charge in [-0.05, 0) is 23.3 Å². The summed E-state index contributed by atoms with van der Waals surface area (Å²) in [6.45, 7) is 2.73. The molecule has 0 atom stereocenters. The summed E-state index contributed by atoms with van der Waals surface area (Å²) in [7, 11) is 3.21. The number of hydrazine groups is 1. The quantitative estimate of drug-likeness (QED) is 0.605. The molecule has 0 aliphatic heterocycles. The Morgan fingerprint density at radius 1 is 1.00 bits per heavy atom. The van der Waals surface area contributed by atoms with Crippen molar-refractivity contribution < 1.29 is 9.47 Å². The second-order valence-corrected chi connectivity index (χ2v) is 5.17. The zero-order chi connectivity index (χ0) is 16.0. The lowest BCUT2D eigenvalue weighted by atomic mass is 9.97. The van der Waals surface area contributed by atoms with Gasteiger partial charge in [0.15, 0.2) is 0 Å². The zero-order valence-corrected chi connectivity index (χ0v) is 13.8. The first kappa shape index (κ1) is 16.9. The lowest BCUT2D eigenvalue weighted by molar-refractivity contribution is -0.244. The fourth-order valence-electron chi connectivity index (χ4n) is 2.33. The number of benzene rings is 2. The SMILES string of the molecule is CCNNC(OC)(OC)c1ccccc1-c1ccc(Cl)cc1. The van der Waals surface area contributed by atoms with Crippen LogP contribution in [0.1, 0.15) is 12.5 Å². The van der Waals surface area contributed by atoms with Crippen LogP contribution in [-0.4, -0.2) is 20.8 Å². The van der Waals surface area contributed by atoms with E-state index in [0.717, 1.165) is 23.2 Å². The summed E-state index contributed by atoms with van der Waals surface area (Å²) < 4.78 is 11.3. The second kappa shape index (κ2) is 7.72. The van der Waals surface area contributed by atoms with Gasteiger partial charge in [0.05, 0.1) is 0 Å². The Labute approximate surface area is 136 Å². The van der Waals surface area contributed by atoms with E-state index >= 15 is 0 Å². The molecule has 2 rings (SSSR count). The summed E-state index contributed by atoms with van der Waals surface area (Å²) in [4.78, 5) is 0. The van der Waals surface area contributed by atoms with Crippen LogP contribution in [0.2, 0.25) is 5.02 Å². The van der Waals surface area contributed by atoms with Crippen LogP contribution in [-0.2, 0) is 15.4 Å². The van der Waals surface area contributed by atoms with Crippen LogP contribution in [0.4, 0.5) is 0 Å². The van der Waals surface area contributed by atoms with Crippen LogP contribution in [0.3, 0.4) is 0 Å². The molecule has 0 fully saturated rings. The molecule has 0 amide bonds. The average Bonchev–Trinajstić information content (AvgIpc) is 2.57. The van der Waals surface area contributed by atoms with Crippen LogP contribution >= 0.6 is 11.6 Å². The molecule has 0 unspecified atom stereocenters. The van der Waals surface area contributed by atoms with Crippen molar-refractivity contribution in [1.29, 1.82) is 0 Å². The third kappa shape index (κ3) is 3.48. The highest BCUT2D eigenvalue weighted by atomic mass is 35.5. The molecule has 0 radical (unpaired) electrons. The standard InChI is InChI=1S/C17H21ClN2O2/c1-4-19-20-17(21-2,22-3)16-8-6-5-7-15(16)13-9-11-14(18)12-10-13/h5-12,19-20H,4H2,1-3H3. The maximum Gasteiger partial charge on any atom is 0.268 e. The molecule has 4 nitrogen and oxygen atoms in total. The topological polar surface area (TPSA) is 42.5 Å². The molecule has 0 saturated carbocycles. The van der Waals surface area contributed by atoms with Gasteiger partial charge in [0.25, 0.3) is 5.91 Å². The molecule has 2 aromatic carbocycles. The Morgan fingerprint density at radius 2 is 1.64 bits per heavy atom. The van der Waals surface area contributed by atoms with Crippen LogP contribution in [0.5, 0.6) is 0 Å². The second-order valence-electron chi connectivity index (χ2n) is 4.73. The molecule has 22 heavy (non-hydrogen) atoms. The minimum absolute atomic E-state index is 0.705. The van der Waals surface area contributed by atoms with Gasteiger partial charge in [-0.3, -0.25) is 5.43 Å². The minimum atomic E-state index is -1.08. The van der Waals surface area contributed by atoms with Crippen LogP contribution in [0, 0.1) is 0 Å². The van der Waals surface area contributed by atoms with Gasteiger partial charge in [-0.15, -0.1) is 0 Å². The van der Waals surface area contributed by atoms with Gasteiger partial charge in [-0.2, -0.15) is 5.43 Å². The first-order valence-electron chi connectivity index (χ1n) is 7.12. The van der Waals surface area contributed by atoms with E-state index < -0.39 is 5.91 Å². The highest BCUT2D eigenvalue weighted by Crippen LogP contribution is 2.33. The number of hydrogen-bond acceptors (Lipinski definition) is 4. The van der Waals surface area contributed by atoms with Gasteiger partial charge in [0.1, 0.15) is 0 Å². The zero-order valence-electron chi connectivity index (χ0n) is 13.0. The van der Waals surface area contributed by atoms with Crippen molar-refractivity contribution in [3.05, 3.63) is 59.1 Å². The van der Waals surface area contributed by atoms with Crippen molar-refractivity contribution in [2.75, 3.05) is 20.8 Å². The summed E-state index contributed by atoms with van der Waals surface area (Å²) in [5, 5.41) is 0.705. The van der Waals surface area contributed by atoms with E-state index in [9.17, 15) is 0 Å². The Hall–Kier alpha value is -1.43. The Morgan fingerprint density at radius 3 is 2.23 bits per heavy atom. The van der Waals surface area contributed by atoms with E-state index in [0.29, 0.717) is 5.02 Å². The maximum absolute atomic E-state index is 5.98. The first-order valence-corrected chi connectivity index (χ1v) is 7.50. The van der Waals surface area contributed by atoms with E-state index in [-0.39, 0.29) is 0 Å². The average molecular weight is 321 g/mol. The molecule has 0 spiro atoms. The molecule has 0 aromatic heterocycles. The van der Waals surface area contributed by atoms with E-state index in [1.54, 1.807) is 14.2 Å². The fourth-order valence-corrected chi connectivity index (χ4v) is 2.45. The van der Waals surface area contributed by atoms with Gasteiger partial charge in [-0.25, -0.2) is 0 Å². The lowest BCUT2D eigenvalue weighted by Gasteiger charge is -2.33. The summed E-state index contributed by atoms with van der Waals surface area (Å²) in [5.41, 5.74) is 9.08. The summed E-state index contributed by atoms with van der Waals surface area (Å²) in [5.74, 6) is -1.08. The summed E-state index contributed by atoms with van der Waals surface area (Å²) in [6, 6.07) is 15.6. The molecule has 5 heteroatoms. The van der Waals surface area contributed by atoms with E-state index in [2.05, 4.69) is 10.9 Å². The number of methoxy groups -OCH3 is 2. The summed E-state index contributed by atoms with van der Waals surface area (Å²) >= 11 is 5.98. The number of nitrogens with one attached hydrogen (secondary N) is 2. The first-order chi connectivity index (χ1) is 10.7. The molecular weight excluding hydrogens is 300 g/mol. The molecule has 0 heterocycles. The van der Waals surface area contributed by atoms with E-state index in [4.69, 9.17) is 21.1 Å². The summed E-state index contributed by atoms with van der Waals surface area (Å²) in [6.07, 6.45) is 0. The van der Waals surface area contributed by atoms with Crippen molar-refractivity contribution >= 4 is 11.6 Å². The van der Waals surface area contributed by atoms with E-state index in [1.165, 1.54) is 0 Å². The van der Waals surface area contributed by atoms with Gasteiger partial charge < -0.3 is 9.47 Å². The smallest absolute Gasteiger partial charge is 0.268 e. The maximum atomic E-state index is 5.98. The highest BCUT2D eigenvalue weighted by molar-refractivity contribution is 6.30. The number of hydrogen-bond donors (Lipinski definition) is 2. The van der Waals surface area contributed by atoms with Crippen LogP contribution in [0.25, 0.3) is 11.1 Å². The number of halogens is 1. The van der Waals surface area contributed by atoms with Crippen molar-refractivity contribution in [2.24, 2.45) is 0 Å². The van der Waals surface area contributed by atoms with Crippen molar-refractivity contribution in [3.8, 4) is 11.1 Å².